The second-order valence-corrected chi connectivity index (χ2v) is 22.5. The van der Waals surface area contributed by atoms with Crippen LogP contribution in [0.25, 0.3) is 85.5 Å². The van der Waals surface area contributed by atoms with Crippen LogP contribution in [0.4, 0.5) is 0 Å². The van der Waals surface area contributed by atoms with Gasteiger partial charge in [-0.2, -0.15) is 0 Å². The highest BCUT2D eigenvalue weighted by molar-refractivity contribution is 7.26. The van der Waals surface area contributed by atoms with E-state index in [1.165, 1.54) is 62.6 Å². The van der Waals surface area contributed by atoms with Crippen LogP contribution in [0.1, 0.15) is 104 Å². The maximum Gasteiger partial charge on any atom is 0.135 e. The van der Waals surface area contributed by atoms with E-state index in [-0.39, 0.29) is 16.2 Å². The summed E-state index contributed by atoms with van der Waals surface area (Å²) in [6, 6.07) is 42.6. The number of nitrogens with zero attached hydrogens (tertiary/aromatic N) is 2. The summed E-state index contributed by atoms with van der Waals surface area (Å²) < 4.78 is 10.1. The molecule has 10 rings (SSSR count). The maximum absolute atomic E-state index is 6.32. The van der Waals surface area contributed by atoms with Gasteiger partial charge in [0, 0.05) is 57.8 Å². The van der Waals surface area contributed by atoms with Crippen molar-refractivity contribution in [3.8, 4) is 22.5 Å². The van der Waals surface area contributed by atoms with Gasteiger partial charge in [-0.05, 0) is 125 Å². The third-order valence-corrected chi connectivity index (χ3v) is 15.3. The number of rotatable bonds is 4. The molecule has 10 aromatic rings. The Morgan fingerprint density at radius 1 is 0.467 bits per heavy atom. The molecule has 0 radical (unpaired) electrons. The summed E-state index contributed by atoms with van der Waals surface area (Å²) in [5.74, 6) is 0. The molecule has 5 aromatic carbocycles. The molecule has 60 heavy (non-hydrogen) atoms. The first-order valence-electron chi connectivity index (χ1n) is 21.1. The molecule has 5 heterocycles. The molecule has 0 atom stereocenters. The number of aromatic nitrogens is 2. The number of hydrogen-bond donors (Lipinski definition) is 0. The molecule has 0 fully saturated rings. The molecular weight excluding hydrogens is 769 g/mol. The van der Waals surface area contributed by atoms with Crippen molar-refractivity contribution in [2.45, 2.75) is 97.8 Å². The third-order valence-electron chi connectivity index (χ3n) is 12.5. The van der Waals surface area contributed by atoms with Gasteiger partial charge < -0.3 is 4.42 Å². The highest BCUT2D eigenvalue weighted by atomic mass is 32.1. The van der Waals surface area contributed by atoms with Gasteiger partial charge in [-0.25, -0.2) is 0 Å². The first kappa shape index (κ1) is 38.8. The first-order valence-corrected chi connectivity index (χ1v) is 22.8. The van der Waals surface area contributed by atoms with Crippen LogP contribution in [-0.2, 0) is 21.7 Å². The number of benzene rings is 5. The molecule has 0 spiro atoms. The van der Waals surface area contributed by atoms with Crippen molar-refractivity contribution in [2.24, 2.45) is 0 Å². The Kier molecular flexibility index (Phi) is 8.62. The Morgan fingerprint density at radius 3 is 1.87 bits per heavy atom. The van der Waals surface area contributed by atoms with Crippen LogP contribution in [0.15, 0.2) is 120 Å². The van der Waals surface area contributed by atoms with Crippen molar-refractivity contribution >= 4 is 85.6 Å². The predicted molar refractivity (Wildman–Crippen MR) is 261 cm³/mol. The number of thiophene rings is 2. The minimum atomic E-state index is -0.523. The molecule has 0 saturated carbocycles. The van der Waals surface area contributed by atoms with Crippen LogP contribution in [-0.4, -0.2) is 9.97 Å². The Bertz CT molecular complexity index is 3350. The highest BCUT2D eigenvalue weighted by Gasteiger charge is 2.31. The zero-order valence-electron chi connectivity index (χ0n) is 36.6. The van der Waals surface area contributed by atoms with Crippen molar-refractivity contribution in [3.05, 3.63) is 143 Å². The maximum atomic E-state index is 6.32. The topological polar surface area (TPSA) is 38.9 Å². The van der Waals surface area contributed by atoms with Gasteiger partial charge in [0.05, 0.1) is 27.5 Å². The lowest BCUT2D eigenvalue weighted by Gasteiger charge is -2.25. The highest BCUT2D eigenvalue weighted by Crippen LogP contribution is 2.48. The second-order valence-electron chi connectivity index (χ2n) is 20.4. The van der Waals surface area contributed by atoms with Crippen LogP contribution in [0.2, 0.25) is 0 Å². The number of hydrogen-bond acceptors (Lipinski definition) is 5. The normalized spacial score (nSPS) is 13.2. The summed E-state index contributed by atoms with van der Waals surface area (Å²) >= 11 is 3.79. The summed E-state index contributed by atoms with van der Waals surface area (Å²) in [5.41, 5.74) is 10.2. The Balaban J connectivity index is 1.19. The molecule has 0 saturated heterocycles. The van der Waals surface area contributed by atoms with E-state index in [9.17, 15) is 0 Å². The summed E-state index contributed by atoms with van der Waals surface area (Å²) in [6.07, 6.45) is 0. The van der Waals surface area contributed by atoms with Gasteiger partial charge in [-0.1, -0.05) is 105 Å². The molecule has 0 amide bonds. The molecule has 0 aliphatic rings. The lowest BCUT2D eigenvalue weighted by molar-refractivity contribution is 0.590. The zero-order chi connectivity index (χ0) is 42.1. The van der Waals surface area contributed by atoms with E-state index in [0.717, 1.165) is 50.3 Å². The largest absolute Gasteiger partial charge is 0.456 e. The molecule has 3 nitrogen and oxygen atoms in total. The van der Waals surface area contributed by atoms with E-state index in [2.05, 4.69) is 191 Å². The van der Waals surface area contributed by atoms with E-state index in [0.29, 0.717) is 0 Å². The Labute approximate surface area is 361 Å². The fourth-order valence-corrected chi connectivity index (χ4v) is 11.1. The average molecular weight is 821 g/mol. The molecule has 0 N–H and O–H groups in total. The summed E-state index contributed by atoms with van der Waals surface area (Å²) in [5, 5.41) is 8.63. The minimum absolute atomic E-state index is 0.0241. The molecule has 0 aliphatic carbocycles. The summed E-state index contributed by atoms with van der Waals surface area (Å²) in [7, 11) is 0. The van der Waals surface area contributed by atoms with E-state index in [1.807, 2.05) is 22.7 Å². The lowest BCUT2D eigenvalue weighted by Crippen LogP contribution is -2.22. The molecule has 300 valence electrons. The van der Waals surface area contributed by atoms with Gasteiger partial charge >= 0.3 is 0 Å². The summed E-state index contributed by atoms with van der Waals surface area (Å²) in [6.45, 7) is 25.2. The number of fused-ring (bicyclic) bond motifs is 9. The van der Waals surface area contributed by atoms with Crippen LogP contribution >= 0.6 is 22.7 Å². The fraction of sp³-hybridized carbons (Fsp3) is 0.273. The van der Waals surface area contributed by atoms with Gasteiger partial charge in [0.15, 0.2) is 0 Å². The van der Waals surface area contributed by atoms with Crippen molar-refractivity contribution < 1.29 is 4.42 Å². The molecule has 0 aliphatic heterocycles. The lowest BCUT2D eigenvalue weighted by atomic mass is 9.83. The van der Waals surface area contributed by atoms with Gasteiger partial charge in [0.25, 0.3) is 0 Å². The van der Waals surface area contributed by atoms with Crippen LogP contribution in [0, 0.1) is 0 Å². The molecule has 0 unspecified atom stereocenters. The molecule has 5 heteroatoms. The second kappa shape index (κ2) is 13.3. The smallest absolute Gasteiger partial charge is 0.135 e. The average Bonchev–Trinajstić information content (AvgIpc) is 3.93. The van der Waals surface area contributed by atoms with E-state index in [1.54, 1.807) is 0 Å². The molecule has 5 aromatic heterocycles. The SMILES string of the molecule is CC(C)(C)c1ccc2oc3ccc(-c4cccc(C(C)(C)c5cc6c(sc7ccc(C(C)(C)C)cc76)c(-c6cc7ccccc7c7cc(C(C)(C)C)sc67)n5)n4)cc3c2c1. The monoisotopic (exact) mass is 820 g/mol. The van der Waals surface area contributed by atoms with Crippen molar-refractivity contribution in [1.29, 1.82) is 0 Å². The van der Waals surface area contributed by atoms with Gasteiger partial charge in [0.2, 0.25) is 0 Å². The molecular formula is C55H52N2OS2. The van der Waals surface area contributed by atoms with Crippen molar-refractivity contribution in [1.82, 2.24) is 9.97 Å². The first-order chi connectivity index (χ1) is 28.3. The van der Waals surface area contributed by atoms with Crippen LogP contribution in [0.3, 0.4) is 0 Å². The van der Waals surface area contributed by atoms with E-state index < -0.39 is 5.41 Å². The van der Waals surface area contributed by atoms with Crippen molar-refractivity contribution in [3.63, 3.8) is 0 Å². The summed E-state index contributed by atoms with van der Waals surface area (Å²) in [4.78, 5) is 12.6. The van der Waals surface area contributed by atoms with Crippen LogP contribution in [0.5, 0.6) is 0 Å². The third kappa shape index (κ3) is 6.35. The van der Waals surface area contributed by atoms with Crippen LogP contribution < -0.4 is 0 Å². The minimum Gasteiger partial charge on any atom is -0.456 e. The Morgan fingerprint density at radius 2 is 1.13 bits per heavy atom. The number of pyridine rings is 2. The van der Waals surface area contributed by atoms with E-state index in [4.69, 9.17) is 14.4 Å². The zero-order valence-corrected chi connectivity index (χ0v) is 38.2. The van der Waals surface area contributed by atoms with Gasteiger partial charge in [-0.3, -0.25) is 9.97 Å². The number of furan rings is 1. The quantitative estimate of drug-likeness (QED) is 0.178. The standard InChI is InChI=1S/C55H52N2OS2/c1-52(2,3)33-20-23-44-37(27-33)36-26-32(19-22-43(36)58-44)42-17-14-18-46(56-42)55(10,11)47-29-39-38-28-34(53(4,5)6)21-24-45(38)59-51(39)49(57-47)41-25-31-15-12-13-16-35(31)40-30-48(54(7,8)9)60-50(40)41/h12-30H,1-11H3. The Hall–Kier alpha value is -5.36. The van der Waals surface area contributed by atoms with Gasteiger partial charge in [0.1, 0.15) is 11.2 Å². The predicted octanol–water partition coefficient (Wildman–Crippen LogP) is 16.7. The van der Waals surface area contributed by atoms with Crippen molar-refractivity contribution in [2.75, 3.05) is 0 Å². The van der Waals surface area contributed by atoms with Gasteiger partial charge in [-0.15, -0.1) is 22.7 Å². The van der Waals surface area contributed by atoms with E-state index >= 15 is 0 Å². The fourth-order valence-electron chi connectivity index (χ4n) is 8.65. The molecule has 0 bridgehead atoms.